The van der Waals surface area contributed by atoms with Gasteiger partial charge in [0.05, 0.1) is 18.3 Å². The first kappa shape index (κ1) is 23.8. The fourth-order valence-corrected chi connectivity index (χ4v) is 4.35. The molecule has 0 spiro atoms. The van der Waals surface area contributed by atoms with E-state index in [1.54, 1.807) is 13.0 Å². The topological polar surface area (TPSA) is 77.8 Å². The second kappa shape index (κ2) is 12.3. The van der Waals surface area contributed by atoms with Gasteiger partial charge in [-0.15, -0.1) is 0 Å². The summed E-state index contributed by atoms with van der Waals surface area (Å²) in [5.41, 5.74) is 1.37. The number of aliphatic hydroxyl groups is 3. The van der Waals surface area contributed by atoms with E-state index in [9.17, 15) is 20.1 Å². The van der Waals surface area contributed by atoms with Gasteiger partial charge in [-0.05, 0) is 57.3 Å². The molecule has 0 aromatic heterocycles. The van der Waals surface area contributed by atoms with Crippen LogP contribution in [0.1, 0.15) is 65.2 Å². The van der Waals surface area contributed by atoms with Gasteiger partial charge in [-0.2, -0.15) is 0 Å². The fourth-order valence-electron chi connectivity index (χ4n) is 4.35. The number of hydrogen-bond acceptors (Lipinski definition) is 4. The maximum absolute atomic E-state index is 11.0. The summed E-state index contributed by atoms with van der Waals surface area (Å²) < 4.78 is 0. The second-order valence-electron chi connectivity index (χ2n) is 8.80. The quantitative estimate of drug-likeness (QED) is 0.356. The molecule has 0 aromatic carbocycles. The molecule has 162 valence electrons. The van der Waals surface area contributed by atoms with Crippen molar-refractivity contribution in [3.63, 3.8) is 0 Å². The van der Waals surface area contributed by atoms with Crippen LogP contribution in [0.25, 0.3) is 0 Å². The summed E-state index contributed by atoms with van der Waals surface area (Å²) in [5.74, 6) is 0.597. The Kier molecular flexibility index (Phi) is 10.1. The first-order chi connectivity index (χ1) is 13.9. The van der Waals surface area contributed by atoms with Gasteiger partial charge in [0.25, 0.3) is 0 Å². The van der Waals surface area contributed by atoms with Crippen LogP contribution in [-0.4, -0.2) is 39.4 Å². The fraction of sp³-hybridized carbons (Fsp3) is 0.640. The van der Waals surface area contributed by atoms with Crippen LogP contribution in [0.5, 0.6) is 0 Å². The van der Waals surface area contributed by atoms with E-state index in [1.807, 2.05) is 12.2 Å². The standard InChI is InChI=1S/C25H38O4/c1-18-8-7-10-20(16-18)12-13-21(27)14-15-23-22(24(28)17-25(23)29)11-6-4-3-5-9-19(2)26/h4,6-8,10,14-15,18,21-25,27-29H,3,5,9,11-13,16-17H2,1-2H3/b6-4-,15-14+/t18-,21-,22+,23+,24-,25+/m0/s1. The number of Topliss-reactive ketones (excluding diaryl/α,β-unsaturated/α-hetero) is 1. The van der Waals surface area contributed by atoms with Crippen LogP contribution >= 0.6 is 0 Å². The summed E-state index contributed by atoms with van der Waals surface area (Å²) >= 11 is 0. The zero-order chi connectivity index (χ0) is 21.2. The lowest BCUT2D eigenvalue weighted by Crippen LogP contribution is -2.20. The van der Waals surface area contributed by atoms with Gasteiger partial charge in [-0.25, -0.2) is 0 Å². The molecule has 4 heteroatoms. The first-order valence-electron chi connectivity index (χ1n) is 11.1. The average Bonchev–Trinajstić information content (AvgIpc) is 2.93. The van der Waals surface area contributed by atoms with Crippen molar-refractivity contribution in [2.75, 3.05) is 0 Å². The minimum atomic E-state index is -0.573. The van der Waals surface area contributed by atoms with Crippen LogP contribution in [0, 0.1) is 17.8 Å². The molecule has 2 aliphatic carbocycles. The molecule has 0 unspecified atom stereocenters. The Hall–Kier alpha value is -1.49. The number of carbonyl (C=O) groups excluding carboxylic acids is 1. The van der Waals surface area contributed by atoms with Crippen molar-refractivity contribution in [3.8, 4) is 0 Å². The van der Waals surface area contributed by atoms with E-state index in [-0.39, 0.29) is 17.6 Å². The highest BCUT2D eigenvalue weighted by molar-refractivity contribution is 5.75. The molecule has 0 aliphatic heterocycles. The molecule has 6 atom stereocenters. The molecule has 3 N–H and O–H groups in total. The maximum Gasteiger partial charge on any atom is 0.129 e. The lowest BCUT2D eigenvalue weighted by Gasteiger charge is -2.20. The highest BCUT2D eigenvalue weighted by Gasteiger charge is 2.39. The van der Waals surface area contributed by atoms with Crippen molar-refractivity contribution in [2.45, 2.75) is 83.5 Å². The highest BCUT2D eigenvalue weighted by atomic mass is 16.3. The third kappa shape index (κ3) is 8.41. The molecule has 0 aromatic rings. The molecule has 1 saturated carbocycles. The van der Waals surface area contributed by atoms with E-state index in [0.717, 1.165) is 25.7 Å². The van der Waals surface area contributed by atoms with Gasteiger partial charge >= 0.3 is 0 Å². The molecule has 0 bridgehead atoms. The smallest absolute Gasteiger partial charge is 0.129 e. The van der Waals surface area contributed by atoms with Crippen molar-refractivity contribution < 1.29 is 20.1 Å². The second-order valence-corrected chi connectivity index (χ2v) is 8.80. The molecule has 0 amide bonds. The Labute approximate surface area is 175 Å². The first-order valence-corrected chi connectivity index (χ1v) is 11.1. The molecule has 2 aliphatic rings. The summed E-state index contributed by atoms with van der Waals surface area (Å²) in [6.45, 7) is 3.81. The van der Waals surface area contributed by atoms with Gasteiger partial charge in [0.2, 0.25) is 0 Å². The van der Waals surface area contributed by atoms with Crippen LogP contribution in [0.3, 0.4) is 0 Å². The Morgan fingerprint density at radius 3 is 2.79 bits per heavy atom. The largest absolute Gasteiger partial charge is 0.393 e. The Balaban J connectivity index is 1.80. The summed E-state index contributed by atoms with van der Waals surface area (Å²) in [7, 11) is 0. The minimum absolute atomic E-state index is 0.0375. The third-order valence-corrected chi connectivity index (χ3v) is 6.06. The number of aliphatic hydroxyl groups excluding tert-OH is 3. The number of carbonyl (C=O) groups is 1. The van der Waals surface area contributed by atoms with Crippen molar-refractivity contribution in [2.24, 2.45) is 17.8 Å². The van der Waals surface area contributed by atoms with E-state index < -0.39 is 18.3 Å². The normalized spacial score (nSPS) is 30.9. The van der Waals surface area contributed by atoms with Gasteiger partial charge in [0.15, 0.2) is 0 Å². The molecule has 0 radical (unpaired) electrons. The summed E-state index contributed by atoms with van der Waals surface area (Å²) in [4.78, 5) is 11.0. The predicted molar refractivity (Wildman–Crippen MR) is 117 cm³/mol. The van der Waals surface area contributed by atoms with Gasteiger partial charge in [0.1, 0.15) is 5.78 Å². The number of ketones is 1. The van der Waals surface area contributed by atoms with Gasteiger partial charge in [-0.3, -0.25) is 0 Å². The van der Waals surface area contributed by atoms with E-state index >= 15 is 0 Å². The van der Waals surface area contributed by atoms with Crippen LogP contribution in [0.15, 0.2) is 48.1 Å². The summed E-state index contributed by atoms with van der Waals surface area (Å²) in [6, 6.07) is 0. The predicted octanol–water partition coefficient (Wildman–Crippen LogP) is 4.27. The van der Waals surface area contributed by atoms with Crippen molar-refractivity contribution in [1.82, 2.24) is 0 Å². The highest BCUT2D eigenvalue weighted by Crippen LogP contribution is 2.36. The SMILES string of the molecule is CC(=O)CCC/C=C\C[C@@H]1[C@@H](/C=C/[C@@H](O)CCC2=CC=C[C@H](C)C2)[C@H](O)C[C@@H]1O. The monoisotopic (exact) mass is 402 g/mol. The molecular formula is C25H38O4. The van der Waals surface area contributed by atoms with E-state index in [2.05, 4.69) is 31.2 Å². The zero-order valence-electron chi connectivity index (χ0n) is 17.9. The molecule has 4 nitrogen and oxygen atoms in total. The summed E-state index contributed by atoms with van der Waals surface area (Å²) in [6.07, 6.45) is 18.6. The van der Waals surface area contributed by atoms with Crippen molar-refractivity contribution in [1.29, 1.82) is 0 Å². The minimum Gasteiger partial charge on any atom is -0.393 e. The van der Waals surface area contributed by atoms with Crippen LogP contribution < -0.4 is 0 Å². The molecular weight excluding hydrogens is 364 g/mol. The molecule has 29 heavy (non-hydrogen) atoms. The maximum atomic E-state index is 11.0. The average molecular weight is 403 g/mol. The van der Waals surface area contributed by atoms with E-state index in [1.165, 1.54) is 5.57 Å². The third-order valence-electron chi connectivity index (χ3n) is 6.06. The molecule has 0 saturated heterocycles. The van der Waals surface area contributed by atoms with Gasteiger partial charge in [-0.1, -0.05) is 55.0 Å². The van der Waals surface area contributed by atoms with E-state index in [0.29, 0.717) is 31.6 Å². The molecule has 0 heterocycles. The number of allylic oxidation sites excluding steroid dienone is 6. The Bertz CT molecular complexity index is 631. The summed E-state index contributed by atoms with van der Waals surface area (Å²) in [5, 5.41) is 31.0. The Morgan fingerprint density at radius 1 is 1.28 bits per heavy atom. The van der Waals surface area contributed by atoms with Gasteiger partial charge < -0.3 is 20.1 Å². The van der Waals surface area contributed by atoms with Crippen LogP contribution in [-0.2, 0) is 4.79 Å². The van der Waals surface area contributed by atoms with Crippen LogP contribution in [0.4, 0.5) is 0 Å². The van der Waals surface area contributed by atoms with Crippen LogP contribution in [0.2, 0.25) is 0 Å². The number of unbranched alkanes of at least 4 members (excludes halogenated alkanes) is 1. The Morgan fingerprint density at radius 2 is 2.07 bits per heavy atom. The molecule has 2 rings (SSSR count). The number of rotatable bonds is 11. The van der Waals surface area contributed by atoms with Gasteiger partial charge in [0, 0.05) is 18.8 Å². The zero-order valence-corrected chi connectivity index (χ0v) is 17.9. The van der Waals surface area contributed by atoms with E-state index in [4.69, 9.17) is 0 Å². The number of hydrogen-bond donors (Lipinski definition) is 3. The van der Waals surface area contributed by atoms with Crippen molar-refractivity contribution in [3.05, 3.63) is 48.1 Å². The molecule has 1 fully saturated rings. The lowest BCUT2D eigenvalue weighted by molar-refractivity contribution is -0.117. The van der Waals surface area contributed by atoms with Crippen molar-refractivity contribution >= 4 is 5.78 Å². The lowest BCUT2D eigenvalue weighted by atomic mass is 9.89.